The second kappa shape index (κ2) is 4.33. The molecule has 18 heavy (non-hydrogen) atoms. The van der Waals surface area contributed by atoms with E-state index in [9.17, 15) is 14.9 Å². The number of hydrogen-bond donors (Lipinski definition) is 1. The largest absolute Gasteiger partial charge is 0.397 e. The van der Waals surface area contributed by atoms with Crippen LogP contribution in [0.5, 0.6) is 0 Å². The molecular weight excluding hydrogens is 234 g/mol. The van der Waals surface area contributed by atoms with Gasteiger partial charge in [0.1, 0.15) is 0 Å². The summed E-state index contributed by atoms with van der Waals surface area (Å²) >= 11 is 0. The van der Waals surface area contributed by atoms with Crippen molar-refractivity contribution in [3.05, 3.63) is 64.9 Å². The second-order valence-electron chi connectivity index (χ2n) is 3.75. The van der Waals surface area contributed by atoms with Crippen LogP contribution in [0.2, 0.25) is 0 Å². The molecule has 0 bridgehead atoms. The van der Waals surface area contributed by atoms with Crippen LogP contribution < -0.4 is 10.6 Å². The van der Waals surface area contributed by atoms with Gasteiger partial charge in [-0.25, -0.2) is 0 Å². The molecule has 2 N–H and O–H groups in total. The van der Waals surface area contributed by atoms with E-state index in [0.717, 1.165) is 0 Å². The molecule has 0 radical (unpaired) electrons. The monoisotopic (exact) mass is 245 g/mol. The van der Waals surface area contributed by atoms with Crippen LogP contribution in [0.4, 0.5) is 5.69 Å². The molecule has 1 aliphatic rings. The Hall–Kier alpha value is -2.63. The van der Waals surface area contributed by atoms with Gasteiger partial charge in [0.25, 0.3) is 0 Å². The quantitative estimate of drug-likeness (QED) is 0.636. The zero-order chi connectivity index (χ0) is 13.2. The summed E-state index contributed by atoms with van der Waals surface area (Å²) in [4.78, 5) is 23.4. The van der Waals surface area contributed by atoms with E-state index in [2.05, 4.69) is 0 Å². The van der Waals surface area contributed by atoms with Crippen LogP contribution >= 0.6 is 0 Å². The Kier molecular flexibility index (Phi) is 2.85. The highest BCUT2D eigenvalue weighted by Crippen LogP contribution is 2.28. The highest BCUT2D eigenvalue weighted by atomic mass is 16.6. The number of hydrogen-bond acceptors (Lipinski definition) is 4. The van der Waals surface area contributed by atoms with Gasteiger partial charge in [0, 0.05) is 18.0 Å². The fraction of sp³-hybridized carbons (Fsp3) is 0.0833. The van der Waals surface area contributed by atoms with E-state index < -0.39 is 16.5 Å². The van der Waals surface area contributed by atoms with Crippen LogP contribution in [0.25, 0.3) is 0 Å². The number of primary amides is 1. The summed E-state index contributed by atoms with van der Waals surface area (Å²) in [7, 11) is 0. The summed E-state index contributed by atoms with van der Waals surface area (Å²) in [6.45, 7) is 0. The molecule has 1 aliphatic heterocycles. The average Bonchev–Trinajstić information content (AvgIpc) is 2.39. The predicted molar refractivity (Wildman–Crippen MR) is 66.1 cm³/mol. The number of benzene rings is 1. The van der Waals surface area contributed by atoms with Crippen molar-refractivity contribution in [1.29, 1.82) is 0 Å². The summed E-state index contributed by atoms with van der Waals surface area (Å²) in [5, 5.41) is 11.3. The summed E-state index contributed by atoms with van der Waals surface area (Å²) in [6, 6.07) is 8.58. The van der Waals surface area contributed by atoms with E-state index in [0.29, 0.717) is 5.69 Å². The van der Waals surface area contributed by atoms with Crippen LogP contribution in [0, 0.1) is 10.1 Å². The summed E-state index contributed by atoms with van der Waals surface area (Å²) in [5.41, 5.74) is 3.67. The maximum atomic E-state index is 11.6. The molecule has 1 heterocycles. The minimum Gasteiger partial charge on any atom is -0.361 e. The van der Waals surface area contributed by atoms with Crippen molar-refractivity contribution in [2.75, 3.05) is 4.90 Å². The smallest absolute Gasteiger partial charge is 0.361 e. The van der Waals surface area contributed by atoms with Gasteiger partial charge in [0.15, 0.2) is 0 Å². The molecule has 1 aromatic carbocycles. The van der Waals surface area contributed by atoms with Gasteiger partial charge in [-0.05, 0) is 18.2 Å². The van der Waals surface area contributed by atoms with Gasteiger partial charge in [-0.3, -0.25) is 19.8 Å². The van der Waals surface area contributed by atoms with E-state index in [1.54, 1.807) is 36.4 Å². The van der Waals surface area contributed by atoms with Crippen molar-refractivity contribution in [2.45, 2.75) is 5.66 Å². The molecule has 0 fully saturated rings. The number of rotatable bonds is 3. The van der Waals surface area contributed by atoms with Crippen molar-refractivity contribution in [3.63, 3.8) is 0 Å². The standard InChI is InChI=1S/C12H11N3O3/c13-11(16)12(15(17)18)8-4-5-9-14(12)10-6-2-1-3-7-10/h1-9H,(H2,13,16). The molecular formula is C12H11N3O3. The topological polar surface area (TPSA) is 89.5 Å². The Balaban J connectivity index is 2.57. The molecule has 0 saturated heterocycles. The summed E-state index contributed by atoms with van der Waals surface area (Å²) in [5.74, 6) is -1.03. The lowest BCUT2D eigenvalue weighted by Crippen LogP contribution is -2.60. The van der Waals surface area contributed by atoms with Gasteiger partial charge < -0.3 is 5.73 Å². The number of carbonyl (C=O) groups is 1. The van der Waals surface area contributed by atoms with Crippen molar-refractivity contribution in [3.8, 4) is 0 Å². The minimum absolute atomic E-state index is 0.522. The molecule has 6 heteroatoms. The first kappa shape index (κ1) is 11.8. The average molecular weight is 245 g/mol. The minimum atomic E-state index is -2.07. The Bertz CT molecular complexity index is 523. The van der Waals surface area contributed by atoms with Gasteiger partial charge in [-0.15, -0.1) is 0 Å². The van der Waals surface area contributed by atoms with Crippen LogP contribution in [-0.2, 0) is 4.79 Å². The maximum Gasteiger partial charge on any atom is 0.397 e. The van der Waals surface area contributed by atoms with Gasteiger partial charge in [0.2, 0.25) is 0 Å². The molecule has 2 rings (SSSR count). The first-order valence-electron chi connectivity index (χ1n) is 5.24. The maximum absolute atomic E-state index is 11.6. The van der Waals surface area contributed by atoms with E-state index in [1.807, 2.05) is 0 Å². The summed E-state index contributed by atoms with van der Waals surface area (Å²) in [6.07, 6.45) is 5.69. The van der Waals surface area contributed by atoms with Crippen LogP contribution in [0.1, 0.15) is 0 Å². The molecule has 6 nitrogen and oxygen atoms in total. The Morgan fingerprint density at radius 3 is 2.50 bits per heavy atom. The van der Waals surface area contributed by atoms with E-state index >= 15 is 0 Å². The predicted octanol–water partition coefficient (Wildman–Crippen LogP) is 1.03. The highest BCUT2D eigenvalue weighted by molar-refractivity contribution is 5.90. The molecule has 1 unspecified atom stereocenters. The third kappa shape index (κ3) is 1.64. The van der Waals surface area contributed by atoms with Crippen LogP contribution in [-0.4, -0.2) is 16.5 Å². The van der Waals surface area contributed by atoms with E-state index in [-0.39, 0.29) is 0 Å². The van der Waals surface area contributed by atoms with Crippen molar-refractivity contribution in [2.24, 2.45) is 5.73 Å². The van der Waals surface area contributed by atoms with Crippen LogP contribution in [0.3, 0.4) is 0 Å². The van der Waals surface area contributed by atoms with E-state index in [4.69, 9.17) is 5.73 Å². The lowest BCUT2D eigenvalue weighted by atomic mass is 10.0. The molecule has 1 aromatic rings. The van der Waals surface area contributed by atoms with Gasteiger partial charge >= 0.3 is 11.6 Å². The zero-order valence-corrected chi connectivity index (χ0v) is 9.39. The molecule has 0 spiro atoms. The fourth-order valence-corrected chi connectivity index (χ4v) is 1.83. The van der Waals surface area contributed by atoms with Crippen LogP contribution in [0.15, 0.2) is 54.8 Å². The number of allylic oxidation sites excluding steroid dienone is 2. The van der Waals surface area contributed by atoms with E-state index in [1.165, 1.54) is 23.3 Å². The SMILES string of the molecule is NC(=O)C1([N+](=O)[O-])C=CC=CN1c1ccccc1. The molecule has 0 aliphatic carbocycles. The highest BCUT2D eigenvalue weighted by Gasteiger charge is 2.53. The van der Waals surface area contributed by atoms with Crippen molar-refractivity contribution >= 4 is 11.6 Å². The zero-order valence-electron chi connectivity index (χ0n) is 9.39. The number of para-hydroxylation sites is 1. The Morgan fingerprint density at radius 1 is 1.28 bits per heavy atom. The third-order valence-electron chi connectivity index (χ3n) is 2.72. The molecule has 0 aromatic heterocycles. The first-order valence-corrected chi connectivity index (χ1v) is 5.24. The Labute approximate surface area is 103 Å². The van der Waals surface area contributed by atoms with Crippen molar-refractivity contribution < 1.29 is 9.72 Å². The number of carbonyl (C=O) groups excluding carboxylic acids is 1. The second-order valence-corrected chi connectivity index (χ2v) is 3.75. The number of nitrogens with zero attached hydrogens (tertiary/aromatic N) is 2. The van der Waals surface area contributed by atoms with Gasteiger partial charge in [-0.2, -0.15) is 0 Å². The lowest BCUT2D eigenvalue weighted by molar-refractivity contribution is -0.536. The van der Waals surface area contributed by atoms with Gasteiger partial charge in [0.05, 0.1) is 4.92 Å². The lowest BCUT2D eigenvalue weighted by Gasteiger charge is -2.32. The first-order chi connectivity index (χ1) is 8.59. The number of anilines is 1. The molecule has 1 atom stereocenters. The Morgan fingerprint density at radius 2 is 1.94 bits per heavy atom. The van der Waals surface area contributed by atoms with Crippen molar-refractivity contribution in [1.82, 2.24) is 0 Å². The normalized spacial score (nSPS) is 21.9. The molecule has 1 amide bonds. The fourth-order valence-electron chi connectivity index (χ4n) is 1.83. The molecule has 92 valence electrons. The number of nitro groups is 1. The summed E-state index contributed by atoms with van der Waals surface area (Å²) < 4.78 is 0. The number of nitrogens with two attached hydrogens (primary N) is 1. The molecule has 0 saturated carbocycles. The van der Waals surface area contributed by atoms with Gasteiger partial charge in [-0.1, -0.05) is 24.3 Å². The third-order valence-corrected chi connectivity index (χ3v) is 2.72. The number of amides is 1.